The van der Waals surface area contributed by atoms with Gasteiger partial charge in [0.25, 0.3) is 0 Å². The number of hydrogen-bond acceptors (Lipinski definition) is 2. The van der Waals surface area contributed by atoms with E-state index in [9.17, 15) is 0 Å². The summed E-state index contributed by atoms with van der Waals surface area (Å²) in [5.41, 5.74) is 8.79. The average Bonchev–Trinajstić information content (AvgIpc) is 3.12. The van der Waals surface area contributed by atoms with Gasteiger partial charge in [0.05, 0.1) is 12.7 Å². The molecule has 2 saturated carbocycles. The van der Waals surface area contributed by atoms with Crippen molar-refractivity contribution in [2.45, 2.75) is 56.8 Å². The van der Waals surface area contributed by atoms with Gasteiger partial charge in [0.2, 0.25) is 0 Å². The molecule has 17 heavy (non-hydrogen) atoms. The van der Waals surface area contributed by atoms with Gasteiger partial charge in [0, 0.05) is 6.04 Å². The van der Waals surface area contributed by atoms with Crippen molar-refractivity contribution >= 4 is 0 Å². The zero-order chi connectivity index (χ0) is 11.7. The van der Waals surface area contributed by atoms with Crippen molar-refractivity contribution in [1.82, 2.24) is 0 Å². The van der Waals surface area contributed by atoms with Gasteiger partial charge < -0.3 is 10.5 Å². The third kappa shape index (κ3) is 2.70. The van der Waals surface area contributed by atoms with Gasteiger partial charge in [0.15, 0.2) is 0 Å². The lowest BCUT2D eigenvalue weighted by Crippen LogP contribution is -2.31. The van der Waals surface area contributed by atoms with E-state index in [4.69, 9.17) is 10.5 Å². The van der Waals surface area contributed by atoms with Crippen LogP contribution in [-0.2, 0) is 11.3 Å². The quantitative estimate of drug-likeness (QED) is 0.864. The number of ether oxygens (including phenoxy) is 1. The fourth-order valence-electron chi connectivity index (χ4n) is 2.72. The first kappa shape index (κ1) is 11.2. The predicted octanol–water partition coefficient (Wildman–Crippen LogP) is 2.96. The highest BCUT2D eigenvalue weighted by Crippen LogP contribution is 2.40. The molecule has 0 spiro atoms. The van der Waals surface area contributed by atoms with Crippen LogP contribution in [-0.4, -0.2) is 12.1 Å². The zero-order valence-electron chi connectivity index (χ0n) is 10.3. The SMILES string of the molecule is N[C@H]1CCC[C@@H]1OCc1cccc(C2CC2)c1. The second-order valence-electron chi connectivity index (χ2n) is 5.46. The van der Waals surface area contributed by atoms with Crippen molar-refractivity contribution in [2.24, 2.45) is 5.73 Å². The Bertz CT molecular complexity index is 386. The van der Waals surface area contributed by atoms with Crippen molar-refractivity contribution in [3.8, 4) is 0 Å². The van der Waals surface area contributed by atoms with E-state index in [0.717, 1.165) is 25.4 Å². The molecule has 0 unspecified atom stereocenters. The summed E-state index contributed by atoms with van der Waals surface area (Å²) in [6.07, 6.45) is 6.46. The van der Waals surface area contributed by atoms with E-state index in [1.165, 1.54) is 30.4 Å². The summed E-state index contributed by atoms with van der Waals surface area (Å²) >= 11 is 0. The minimum absolute atomic E-state index is 0.251. The Balaban J connectivity index is 1.58. The lowest BCUT2D eigenvalue weighted by Gasteiger charge is -2.16. The lowest BCUT2D eigenvalue weighted by atomic mass is 10.1. The maximum Gasteiger partial charge on any atom is 0.0730 e. The fourth-order valence-corrected chi connectivity index (χ4v) is 2.72. The summed E-state index contributed by atoms with van der Waals surface area (Å²) in [7, 11) is 0. The molecule has 2 fully saturated rings. The van der Waals surface area contributed by atoms with Gasteiger partial charge in [-0.1, -0.05) is 24.3 Å². The van der Waals surface area contributed by atoms with E-state index in [1.807, 2.05) is 0 Å². The molecule has 2 atom stereocenters. The second-order valence-corrected chi connectivity index (χ2v) is 5.46. The predicted molar refractivity (Wildman–Crippen MR) is 68.8 cm³/mol. The van der Waals surface area contributed by atoms with Crippen LogP contribution in [0.3, 0.4) is 0 Å². The number of nitrogens with two attached hydrogens (primary N) is 1. The molecule has 2 heteroatoms. The Kier molecular flexibility index (Phi) is 3.17. The van der Waals surface area contributed by atoms with Gasteiger partial charge in [-0.05, 0) is 49.1 Å². The third-order valence-electron chi connectivity index (χ3n) is 3.97. The molecule has 2 nitrogen and oxygen atoms in total. The first-order valence-electron chi connectivity index (χ1n) is 6.79. The molecule has 92 valence electrons. The van der Waals surface area contributed by atoms with Gasteiger partial charge in [-0.3, -0.25) is 0 Å². The number of rotatable bonds is 4. The van der Waals surface area contributed by atoms with Gasteiger partial charge in [-0.25, -0.2) is 0 Å². The molecule has 0 saturated heterocycles. The highest BCUT2D eigenvalue weighted by Gasteiger charge is 2.25. The molecule has 0 aliphatic heterocycles. The molecular formula is C15H21NO. The summed E-state index contributed by atoms with van der Waals surface area (Å²) in [5.74, 6) is 0.823. The Morgan fingerprint density at radius 3 is 2.76 bits per heavy atom. The van der Waals surface area contributed by atoms with Crippen LogP contribution in [0.25, 0.3) is 0 Å². The van der Waals surface area contributed by atoms with Crippen molar-refractivity contribution in [3.63, 3.8) is 0 Å². The first-order valence-corrected chi connectivity index (χ1v) is 6.79. The van der Waals surface area contributed by atoms with Crippen LogP contribution in [0.1, 0.15) is 49.1 Å². The first-order chi connectivity index (χ1) is 8.33. The van der Waals surface area contributed by atoms with Gasteiger partial charge in [0.1, 0.15) is 0 Å². The van der Waals surface area contributed by atoms with Gasteiger partial charge >= 0.3 is 0 Å². The molecule has 0 amide bonds. The zero-order valence-corrected chi connectivity index (χ0v) is 10.3. The van der Waals surface area contributed by atoms with Crippen LogP contribution in [0.4, 0.5) is 0 Å². The Morgan fingerprint density at radius 2 is 2.06 bits per heavy atom. The molecule has 2 aliphatic rings. The minimum Gasteiger partial charge on any atom is -0.372 e. The Morgan fingerprint density at radius 1 is 1.18 bits per heavy atom. The molecule has 3 rings (SSSR count). The highest BCUT2D eigenvalue weighted by atomic mass is 16.5. The Hall–Kier alpha value is -0.860. The summed E-state index contributed by atoms with van der Waals surface area (Å²) in [6.45, 7) is 0.721. The molecule has 1 aromatic carbocycles. The fraction of sp³-hybridized carbons (Fsp3) is 0.600. The number of benzene rings is 1. The maximum absolute atomic E-state index is 6.01. The lowest BCUT2D eigenvalue weighted by molar-refractivity contribution is 0.0357. The molecule has 0 heterocycles. The smallest absolute Gasteiger partial charge is 0.0730 e. The van der Waals surface area contributed by atoms with Crippen LogP contribution in [0.15, 0.2) is 24.3 Å². The third-order valence-corrected chi connectivity index (χ3v) is 3.97. The monoisotopic (exact) mass is 231 g/mol. The average molecular weight is 231 g/mol. The second kappa shape index (κ2) is 4.79. The van der Waals surface area contributed by atoms with E-state index in [1.54, 1.807) is 0 Å². The van der Waals surface area contributed by atoms with Crippen LogP contribution in [0.5, 0.6) is 0 Å². The molecule has 0 aromatic heterocycles. The van der Waals surface area contributed by atoms with E-state index in [-0.39, 0.29) is 12.1 Å². The molecule has 2 aliphatic carbocycles. The van der Waals surface area contributed by atoms with Crippen LogP contribution in [0.2, 0.25) is 0 Å². The molecule has 1 aromatic rings. The van der Waals surface area contributed by atoms with E-state index in [0.29, 0.717) is 0 Å². The van der Waals surface area contributed by atoms with E-state index in [2.05, 4.69) is 24.3 Å². The van der Waals surface area contributed by atoms with Gasteiger partial charge in [-0.15, -0.1) is 0 Å². The molecular weight excluding hydrogens is 210 g/mol. The van der Waals surface area contributed by atoms with Crippen molar-refractivity contribution in [2.75, 3.05) is 0 Å². The highest BCUT2D eigenvalue weighted by molar-refractivity contribution is 5.28. The van der Waals surface area contributed by atoms with Crippen molar-refractivity contribution in [3.05, 3.63) is 35.4 Å². The van der Waals surface area contributed by atoms with Gasteiger partial charge in [-0.2, -0.15) is 0 Å². The Labute approximate surface area is 103 Å². The molecule has 2 N–H and O–H groups in total. The number of hydrogen-bond donors (Lipinski definition) is 1. The molecule has 0 radical (unpaired) electrons. The summed E-state index contributed by atoms with van der Waals surface area (Å²) in [6, 6.07) is 9.11. The van der Waals surface area contributed by atoms with E-state index >= 15 is 0 Å². The topological polar surface area (TPSA) is 35.2 Å². The van der Waals surface area contributed by atoms with Crippen molar-refractivity contribution < 1.29 is 4.74 Å². The van der Waals surface area contributed by atoms with Crippen molar-refractivity contribution in [1.29, 1.82) is 0 Å². The normalized spacial score (nSPS) is 28.5. The van der Waals surface area contributed by atoms with Crippen LogP contribution >= 0.6 is 0 Å². The summed E-state index contributed by atoms with van der Waals surface area (Å²) in [5, 5.41) is 0. The van der Waals surface area contributed by atoms with Crippen LogP contribution in [0, 0.1) is 0 Å². The largest absolute Gasteiger partial charge is 0.372 e. The van der Waals surface area contributed by atoms with E-state index < -0.39 is 0 Å². The minimum atomic E-state index is 0.251. The molecule has 0 bridgehead atoms. The van der Waals surface area contributed by atoms with Crippen LogP contribution < -0.4 is 5.73 Å². The maximum atomic E-state index is 6.01. The summed E-state index contributed by atoms with van der Waals surface area (Å²) < 4.78 is 5.93. The summed E-state index contributed by atoms with van der Waals surface area (Å²) in [4.78, 5) is 0. The standard InChI is InChI=1S/C15H21NO/c16-14-5-2-6-15(14)17-10-11-3-1-4-13(9-11)12-7-8-12/h1,3-4,9,12,14-15H,2,5-8,10,16H2/t14-,15-/m0/s1.